The summed E-state index contributed by atoms with van der Waals surface area (Å²) in [6, 6.07) is 0. The first-order chi connectivity index (χ1) is 13.7. The van der Waals surface area contributed by atoms with Crippen LogP contribution < -0.4 is 0 Å². The molecule has 0 radical (unpaired) electrons. The number of aliphatic hydroxyl groups is 2. The Morgan fingerprint density at radius 3 is 1.37 bits per heavy atom. The van der Waals surface area contributed by atoms with Crippen molar-refractivity contribution in [3.05, 3.63) is 0 Å². The highest BCUT2D eigenvalue weighted by atomic mass is 16.5. The summed E-state index contributed by atoms with van der Waals surface area (Å²) in [5.41, 5.74) is 0.582. The maximum atomic E-state index is 9.78. The van der Waals surface area contributed by atoms with Crippen LogP contribution in [0.4, 0.5) is 0 Å². The maximum Gasteiger partial charge on any atom is 0.329 e. The predicted molar refractivity (Wildman–Crippen MR) is 120 cm³/mol. The van der Waals surface area contributed by atoms with Gasteiger partial charge in [0.25, 0.3) is 0 Å². The zero-order valence-corrected chi connectivity index (χ0v) is 20.6. The van der Waals surface area contributed by atoms with Crippen molar-refractivity contribution in [3.8, 4) is 0 Å². The Balaban J connectivity index is -0.000000153. The summed E-state index contributed by atoms with van der Waals surface area (Å²) in [4.78, 5) is 9.78. The molecule has 0 bridgehead atoms. The topological polar surface area (TPSA) is 139 Å². The molecule has 4 N–H and O–H groups in total. The molecule has 0 amide bonds. The first kappa shape index (κ1) is 36.3. The molecular formula is C21H47NO8. The first-order valence-corrected chi connectivity index (χ1v) is 10.1. The van der Waals surface area contributed by atoms with Crippen LogP contribution in [-0.2, 0) is 23.7 Å². The highest BCUT2D eigenvalue weighted by molar-refractivity contribution is 5.79. The number of aliphatic hydroxyl groups excluding tert-OH is 2. The lowest BCUT2D eigenvalue weighted by Crippen LogP contribution is -2.21. The van der Waals surface area contributed by atoms with Crippen molar-refractivity contribution in [2.45, 2.75) is 92.8 Å². The molecule has 0 spiro atoms. The number of ether oxygens (including phenoxy) is 4. The van der Waals surface area contributed by atoms with Crippen LogP contribution in [-0.4, -0.2) is 91.1 Å². The fourth-order valence-corrected chi connectivity index (χ4v) is 0.886. The molecule has 0 aliphatic carbocycles. The van der Waals surface area contributed by atoms with Gasteiger partial charge < -0.3 is 39.7 Å². The number of methoxy groups -OCH3 is 1. The Kier molecular flexibility index (Phi) is 31.4. The van der Waals surface area contributed by atoms with Gasteiger partial charge in [0.15, 0.2) is 0 Å². The molecule has 0 fully saturated rings. The average molecular weight is 442 g/mol. The van der Waals surface area contributed by atoms with Crippen molar-refractivity contribution in [1.29, 1.82) is 5.41 Å². The fraction of sp³-hybridized carbons (Fsp3) is 0.905. The van der Waals surface area contributed by atoms with E-state index in [-0.39, 0.29) is 38.1 Å². The molecule has 0 aliphatic heterocycles. The van der Waals surface area contributed by atoms with Crippen LogP contribution >= 0.6 is 0 Å². The summed E-state index contributed by atoms with van der Waals surface area (Å²) in [5.74, 6) is -0.918. The predicted octanol–water partition coefficient (Wildman–Crippen LogP) is 2.75. The van der Waals surface area contributed by atoms with Gasteiger partial charge in [-0.15, -0.1) is 0 Å². The Bertz CT molecular complexity index is 352. The van der Waals surface area contributed by atoms with Gasteiger partial charge in [0.05, 0.1) is 44.2 Å². The van der Waals surface area contributed by atoms with E-state index in [0.717, 1.165) is 0 Å². The van der Waals surface area contributed by atoms with E-state index in [9.17, 15) is 4.79 Å². The van der Waals surface area contributed by atoms with Gasteiger partial charge in [-0.2, -0.15) is 0 Å². The van der Waals surface area contributed by atoms with Gasteiger partial charge in [-0.05, 0) is 62.3 Å². The molecule has 9 heteroatoms. The normalized spacial score (nSPS) is 11.2. The lowest BCUT2D eigenvalue weighted by Gasteiger charge is -2.10. The van der Waals surface area contributed by atoms with Gasteiger partial charge in [0.2, 0.25) is 0 Å². The highest BCUT2D eigenvalue weighted by Crippen LogP contribution is 1.90. The van der Waals surface area contributed by atoms with Crippen molar-refractivity contribution in [2.75, 3.05) is 33.5 Å². The number of carbonyl (C=O) groups is 1. The van der Waals surface area contributed by atoms with Crippen LogP contribution in [0.25, 0.3) is 0 Å². The first-order valence-electron chi connectivity index (χ1n) is 10.1. The molecule has 0 saturated carbocycles. The molecule has 30 heavy (non-hydrogen) atoms. The Morgan fingerprint density at radius 2 is 1.20 bits per heavy atom. The Morgan fingerprint density at radius 1 is 0.833 bits per heavy atom. The van der Waals surface area contributed by atoms with E-state index in [2.05, 4.69) is 0 Å². The summed E-state index contributed by atoms with van der Waals surface area (Å²) < 4.78 is 19.5. The smallest absolute Gasteiger partial charge is 0.329 e. The second kappa shape index (κ2) is 25.9. The summed E-state index contributed by atoms with van der Waals surface area (Å²) in [6.45, 7) is 17.3. The quantitative estimate of drug-likeness (QED) is 0.359. The highest BCUT2D eigenvalue weighted by Gasteiger charge is 2.02. The summed E-state index contributed by atoms with van der Waals surface area (Å²) in [7, 11) is 1.70. The fourth-order valence-electron chi connectivity index (χ4n) is 0.886. The van der Waals surface area contributed by atoms with E-state index in [1.54, 1.807) is 27.9 Å². The van der Waals surface area contributed by atoms with Crippen molar-refractivity contribution in [2.24, 2.45) is 0 Å². The minimum Gasteiger partial charge on any atom is -0.480 e. The number of nitrogens with one attached hydrogen (secondary N) is 1. The molecule has 0 rings (SSSR count). The van der Waals surface area contributed by atoms with Crippen molar-refractivity contribution >= 4 is 11.7 Å². The number of carboxylic acid groups (broad SMARTS) is 1. The van der Waals surface area contributed by atoms with Crippen LogP contribution in [0.5, 0.6) is 0 Å². The number of aliphatic carboxylic acids is 1. The van der Waals surface area contributed by atoms with Gasteiger partial charge in [-0.1, -0.05) is 0 Å². The van der Waals surface area contributed by atoms with Crippen molar-refractivity contribution in [3.63, 3.8) is 0 Å². The zero-order valence-electron chi connectivity index (χ0n) is 20.6. The number of hydrogen-bond donors (Lipinski definition) is 4. The summed E-state index contributed by atoms with van der Waals surface area (Å²) in [6.07, 6.45) is 0.0231. The maximum absolute atomic E-state index is 9.78. The van der Waals surface area contributed by atoms with E-state index in [1.165, 1.54) is 0 Å². The molecule has 9 nitrogen and oxygen atoms in total. The van der Waals surface area contributed by atoms with Gasteiger partial charge in [0.1, 0.15) is 12.7 Å². The second-order valence-electron chi connectivity index (χ2n) is 7.40. The standard InChI is InChI=1S/C6H13NO.C6H14O3.C5H10O3.C4H10O/c1-5(2)8-4-6(3)7;1-5(2)9-4-6(8)3-7;1-4(2)8-3-5(6)7;1-4(2)5-3/h5,7H,4H2,1-3H3;5-8H,3-4H2,1-2H3;4H,3H2,1-2H3,(H,6,7);4H,1-3H3. The molecule has 0 saturated heterocycles. The lowest BCUT2D eigenvalue weighted by atomic mass is 10.4. The van der Waals surface area contributed by atoms with Gasteiger partial charge in [-0.25, -0.2) is 4.79 Å². The number of carboxylic acids is 1. The number of hydrogen-bond acceptors (Lipinski definition) is 8. The molecule has 0 aromatic carbocycles. The Hall–Kier alpha value is -1.10. The Labute approximate surface area is 183 Å². The summed E-state index contributed by atoms with van der Waals surface area (Å²) >= 11 is 0. The third kappa shape index (κ3) is 56.3. The third-order valence-electron chi connectivity index (χ3n) is 2.48. The van der Waals surface area contributed by atoms with E-state index >= 15 is 0 Å². The van der Waals surface area contributed by atoms with Crippen LogP contribution in [0.1, 0.15) is 62.3 Å². The van der Waals surface area contributed by atoms with E-state index < -0.39 is 12.1 Å². The molecule has 0 aliphatic rings. The van der Waals surface area contributed by atoms with Gasteiger partial charge in [-0.3, -0.25) is 0 Å². The van der Waals surface area contributed by atoms with Crippen molar-refractivity contribution < 1.29 is 39.1 Å². The third-order valence-corrected chi connectivity index (χ3v) is 2.48. The molecule has 0 aromatic rings. The summed E-state index contributed by atoms with van der Waals surface area (Å²) in [5, 5.41) is 32.0. The van der Waals surface area contributed by atoms with Crippen LogP contribution in [0.15, 0.2) is 0 Å². The van der Waals surface area contributed by atoms with E-state index in [4.69, 9.17) is 39.7 Å². The molecule has 184 valence electrons. The second-order valence-corrected chi connectivity index (χ2v) is 7.40. The molecule has 0 heterocycles. The van der Waals surface area contributed by atoms with Crippen LogP contribution in [0, 0.1) is 5.41 Å². The van der Waals surface area contributed by atoms with Crippen LogP contribution in [0.3, 0.4) is 0 Å². The molecule has 0 aromatic heterocycles. The zero-order chi connectivity index (χ0) is 24.7. The SMILES string of the molecule is CC(=N)COC(C)C.CC(C)OCC(=O)O.CC(C)OCC(O)CO.COC(C)C. The van der Waals surface area contributed by atoms with E-state index in [0.29, 0.717) is 18.4 Å². The minimum atomic E-state index is -0.918. The molecular weight excluding hydrogens is 394 g/mol. The van der Waals surface area contributed by atoms with Crippen molar-refractivity contribution in [1.82, 2.24) is 0 Å². The average Bonchev–Trinajstić information content (AvgIpc) is 2.64. The monoisotopic (exact) mass is 441 g/mol. The molecule has 1 unspecified atom stereocenters. The minimum absolute atomic E-state index is 0.00565. The largest absolute Gasteiger partial charge is 0.480 e. The molecule has 1 atom stereocenters. The van der Waals surface area contributed by atoms with Gasteiger partial charge >= 0.3 is 5.97 Å². The van der Waals surface area contributed by atoms with Crippen LogP contribution in [0.2, 0.25) is 0 Å². The number of rotatable bonds is 11. The van der Waals surface area contributed by atoms with E-state index in [1.807, 2.05) is 41.5 Å². The van der Waals surface area contributed by atoms with Gasteiger partial charge in [0, 0.05) is 12.8 Å². The lowest BCUT2D eigenvalue weighted by molar-refractivity contribution is -0.143.